The van der Waals surface area contributed by atoms with Crippen molar-refractivity contribution >= 4 is 5.82 Å². The van der Waals surface area contributed by atoms with Crippen LogP contribution in [-0.4, -0.2) is 16.5 Å². The van der Waals surface area contributed by atoms with Gasteiger partial charge in [-0.1, -0.05) is 30.3 Å². The van der Waals surface area contributed by atoms with Gasteiger partial charge >= 0.3 is 0 Å². The van der Waals surface area contributed by atoms with Crippen molar-refractivity contribution in [1.29, 1.82) is 0 Å². The van der Waals surface area contributed by atoms with E-state index in [0.717, 1.165) is 23.8 Å². The lowest BCUT2D eigenvalue weighted by Crippen LogP contribution is -2.05. The van der Waals surface area contributed by atoms with Crippen molar-refractivity contribution in [2.24, 2.45) is 0 Å². The van der Waals surface area contributed by atoms with Gasteiger partial charge in [-0.15, -0.1) is 0 Å². The lowest BCUT2D eigenvalue weighted by atomic mass is 10.2. The van der Waals surface area contributed by atoms with E-state index < -0.39 is 0 Å². The Bertz CT molecular complexity index is 567. The molecule has 1 N–H and O–H groups in total. The molecule has 3 rings (SSSR count). The maximum atomic E-state index is 5.81. The summed E-state index contributed by atoms with van der Waals surface area (Å²) in [5.74, 6) is 2.94. The Morgan fingerprint density at radius 1 is 1.20 bits per heavy atom. The van der Waals surface area contributed by atoms with Crippen molar-refractivity contribution in [3.05, 3.63) is 47.8 Å². The van der Waals surface area contributed by atoms with Gasteiger partial charge in [0.05, 0.1) is 0 Å². The molecule has 0 aliphatic heterocycles. The van der Waals surface area contributed by atoms with Gasteiger partial charge in [0.1, 0.15) is 18.2 Å². The molecule has 20 heavy (non-hydrogen) atoms. The Kier molecular flexibility index (Phi) is 3.81. The zero-order chi connectivity index (χ0) is 13.8. The highest BCUT2D eigenvalue weighted by Crippen LogP contribution is 2.39. The highest BCUT2D eigenvalue weighted by Gasteiger charge is 2.27. The lowest BCUT2D eigenvalue weighted by molar-refractivity contribution is 0.292. The van der Waals surface area contributed by atoms with Crippen LogP contribution in [0.5, 0.6) is 5.88 Å². The Morgan fingerprint density at radius 2 is 2.00 bits per heavy atom. The van der Waals surface area contributed by atoms with Crippen molar-refractivity contribution in [3.8, 4) is 5.88 Å². The molecule has 1 aromatic carbocycles. The summed E-state index contributed by atoms with van der Waals surface area (Å²) in [6, 6.07) is 12.0. The van der Waals surface area contributed by atoms with E-state index in [4.69, 9.17) is 4.74 Å². The van der Waals surface area contributed by atoms with Gasteiger partial charge in [-0.3, -0.25) is 0 Å². The molecule has 1 heterocycles. The molecule has 0 saturated heterocycles. The Hall–Kier alpha value is -2.10. The molecule has 0 bridgehead atoms. The number of ether oxygens (including phenoxy) is 1. The normalized spacial score (nSPS) is 14.1. The number of anilines is 1. The van der Waals surface area contributed by atoms with E-state index in [2.05, 4.69) is 22.2 Å². The van der Waals surface area contributed by atoms with E-state index in [1.807, 2.05) is 36.4 Å². The van der Waals surface area contributed by atoms with Gasteiger partial charge in [0.25, 0.3) is 0 Å². The summed E-state index contributed by atoms with van der Waals surface area (Å²) < 4.78 is 5.81. The second kappa shape index (κ2) is 5.90. The summed E-state index contributed by atoms with van der Waals surface area (Å²) in [5.41, 5.74) is 1.14. The molecule has 1 aliphatic rings. The fourth-order valence-electron chi connectivity index (χ4n) is 2.04. The summed E-state index contributed by atoms with van der Waals surface area (Å²) in [5, 5.41) is 3.24. The lowest BCUT2D eigenvalue weighted by Gasteiger charge is -2.10. The van der Waals surface area contributed by atoms with E-state index in [1.165, 1.54) is 12.8 Å². The Balaban J connectivity index is 1.74. The average molecular weight is 269 g/mol. The maximum absolute atomic E-state index is 5.81. The van der Waals surface area contributed by atoms with Crippen LogP contribution in [0.3, 0.4) is 0 Å². The van der Waals surface area contributed by atoms with Crippen molar-refractivity contribution in [2.75, 3.05) is 11.9 Å². The number of aromatic nitrogens is 2. The number of rotatable bonds is 6. The number of benzene rings is 1. The van der Waals surface area contributed by atoms with Gasteiger partial charge in [-0.05, 0) is 25.3 Å². The molecule has 4 nitrogen and oxygen atoms in total. The van der Waals surface area contributed by atoms with E-state index in [0.29, 0.717) is 18.4 Å². The van der Waals surface area contributed by atoms with Gasteiger partial charge in [0.2, 0.25) is 5.88 Å². The van der Waals surface area contributed by atoms with Crippen LogP contribution < -0.4 is 10.1 Å². The monoisotopic (exact) mass is 269 g/mol. The molecule has 2 aromatic rings. The van der Waals surface area contributed by atoms with Gasteiger partial charge in [0.15, 0.2) is 0 Å². The highest BCUT2D eigenvalue weighted by molar-refractivity contribution is 5.39. The molecule has 0 unspecified atom stereocenters. The Labute approximate surface area is 119 Å². The Morgan fingerprint density at radius 3 is 2.70 bits per heavy atom. The van der Waals surface area contributed by atoms with Crippen molar-refractivity contribution in [3.63, 3.8) is 0 Å². The predicted octanol–water partition coefficient (Wildman–Crippen LogP) is 3.36. The summed E-state index contributed by atoms with van der Waals surface area (Å²) in [6.45, 7) is 3.44. The first-order chi connectivity index (χ1) is 9.85. The third kappa shape index (κ3) is 3.26. The first-order valence-corrected chi connectivity index (χ1v) is 7.14. The zero-order valence-corrected chi connectivity index (χ0v) is 11.7. The summed E-state index contributed by atoms with van der Waals surface area (Å²) >= 11 is 0. The largest absolute Gasteiger partial charge is 0.473 e. The quantitative estimate of drug-likeness (QED) is 0.873. The fourth-order valence-corrected chi connectivity index (χ4v) is 2.04. The van der Waals surface area contributed by atoms with Crippen LogP contribution in [0.15, 0.2) is 36.4 Å². The molecule has 1 aromatic heterocycles. The third-order valence-corrected chi connectivity index (χ3v) is 3.25. The number of nitrogens with one attached hydrogen (secondary N) is 1. The van der Waals surface area contributed by atoms with E-state index >= 15 is 0 Å². The number of nitrogens with zero attached hydrogens (tertiary/aromatic N) is 2. The van der Waals surface area contributed by atoms with Crippen LogP contribution in [0.25, 0.3) is 0 Å². The maximum Gasteiger partial charge on any atom is 0.219 e. The van der Waals surface area contributed by atoms with Crippen molar-refractivity contribution in [2.45, 2.75) is 32.3 Å². The van der Waals surface area contributed by atoms with Crippen LogP contribution >= 0.6 is 0 Å². The first-order valence-electron chi connectivity index (χ1n) is 7.14. The van der Waals surface area contributed by atoms with Crippen LogP contribution in [0.2, 0.25) is 0 Å². The number of hydrogen-bond donors (Lipinski definition) is 1. The van der Waals surface area contributed by atoms with E-state index in [1.54, 1.807) is 0 Å². The molecule has 0 amide bonds. The van der Waals surface area contributed by atoms with Crippen LogP contribution in [0.1, 0.15) is 37.1 Å². The second-order valence-corrected chi connectivity index (χ2v) is 5.03. The fraction of sp³-hybridized carbons (Fsp3) is 0.375. The SMILES string of the molecule is CCNc1cc(OCc2ccccc2)nc(C2CC2)n1. The topological polar surface area (TPSA) is 47.0 Å². The third-order valence-electron chi connectivity index (χ3n) is 3.25. The predicted molar refractivity (Wildman–Crippen MR) is 78.9 cm³/mol. The standard InChI is InChI=1S/C16H19N3O/c1-2-17-14-10-15(19-16(18-14)13-8-9-13)20-11-12-6-4-3-5-7-12/h3-7,10,13H,2,8-9,11H2,1H3,(H,17,18,19). The van der Waals surface area contributed by atoms with Gasteiger partial charge in [-0.2, -0.15) is 4.98 Å². The van der Waals surface area contributed by atoms with Gasteiger partial charge in [-0.25, -0.2) is 4.98 Å². The summed E-state index contributed by atoms with van der Waals surface area (Å²) in [6.07, 6.45) is 2.38. The highest BCUT2D eigenvalue weighted by atomic mass is 16.5. The molecular formula is C16H19N3O. The minimum atomic E-state index is 0.521. The first kappa shape index (κ1) is 12.9. The van der Waals surface area contributed by atoms with Crippen LogP contribution in [0, 0.1) is 0 Å². The minimum absolute atomic E-state index is 0.521. The molecule has 4 heteroatoms. The number of hydrogen-bond acceptors (Lipinski definition) is 4. The summed E-state index contributed by atoms with van der Waals surface area (Å²) in [4.78, 5) is 9.06. The molecule has 0 spiro atoms. The molecule has 1 fully saturated rings. The summed E-state index contributed by atoms with van der Waals surface area (Å²) in [7, 11) is 0. The molecule has 104 valence electrons. The molecular weight excluding hydrogens is 250 g/mol. The average Bonchev–Trinajstić information content (AvgIpc) is 3.31. The molecule has 1 saturated carbocycles. The minimum Gasteiger partial charge on any atom is -0.473 e. The van der Waals surface area contributed by atoms with Crippen molar-refractivity contribution < 1.29 is 4.74 Å². The smallest absolute Gasteiger partial charge is 0.219 e. The molecule has 0 radical (unpaired) electrons. The van der Waals surface area contributed by atoms with E-state index in [-0.39, 0.29) is 0 Å². The second-order valence-electron chi connectivity index (χ2n) is 5.03. The van der Waals surface area contributed by atoms with Crippen LogP contribution in [-0.2, 0) is 6.61 Å². The van der Waals surface area contributed by atoms with Gasteiger partial charge < -0.3 is 10.1 Å². The van der Waals surface area contributed by atoms with Crippen LogP contribution in [0.4, 0.5) is 5.82 Å². The molecule has 1 aliphatic carbocycles. The van der Waals surface area contributed by atoms with Gasteiger partial charge in [0, 0.05) is 18.5 Å². The zero-order valence-electron chi connectivity index (χ0n) is 11.7. The molecule has 0 atom stereocenters. The van der Waals surface area contributed by atoms with Crippen molar-refractivity contribution in [1.82, 2.24) is 9.97 Å². The van der Waals surface area contributed by atoms with E-state index in [9.17, 15) is 0 Å².